The average molecular weight is 511 g/mol. The molecule has 34 heavy (non-hydrogen) atoms. The minimum absolute atomic E-state index is 0. The Bertz CT molecular complexity index is 1170. The molecule has 2 aromatic rings. The highest BCUT2D eigenvalue weighted by molar-refractivity contribution is 7.85. The van der Waals surface area contributed by atoms with E-state index in [-0.39, 0.29) is 14.4 Å². The molecule has 0 aromatic carbocycles. The summed E-state index contributed by atoms with van der Waals surface area (Å²) in [6, 6.07) is 7.94. The molecule has 0 bridgehead atoms. The summed E-state index contributed by atoms with van der Waals surface area (Å²) < 4.78 is 67.7. The Balaban J connectivity index is 0.00000612. The van der Waals surface area contributed by atoms with Gasteiger partial charge in [0.15, 0.2) is 24.8 Å². The Hall–Kier alpha value is -2.40. The smallest absolute Gasteiger partial charge is 0.748 e. The summed E-state index contributed by atoms with van der Waals surface area (Å²) in [6.07, 6.45) is 15.5. The molecule has 0 radical (unpaired) electrons. The van der Waals surface area contributed by atoms with Crippen LogP contribution in [-0.4, -0.2) is 37.4 Å². The summed E-state index contributed by atoms with van der Waals surface area (Å²) in [6.45, 7) is 5.48. The third kappa shape index (κ3) is 12.2. The zero-order chi connectivity index (χ0) is 25.0. The van der Waals surface area contributed by atoms with Crippen LogP contribution in [0.25, 0.3) is 11.6 Å². The van der Waals surface area contributed by atoms with Gasteiger partial charge < -0.3 is 9.11 Å². The highest BCUT2D eigenvalue weighted by Crippen LogP contribution is 2.17. The molecule has 2 aromatic heterocycles. The summed E-state index contributed by atoms with van der Waals surface area (Å²) in [5, 5.41) is 0. The number of aromatic nitrogens is 2. The molecule has 186 valence electrons. The summed E-state index contributed by atoms with van der Waals surface area (Å²) in [7, 11) is -8.27. The molecule has 0 saturated carbocycles. The van der Waals surface area contributed by atoms with E-state index in [0.717, 1.165) is 29.5 Å². The maximum absolute atomic E-state index is 10.6. The van der Waals surface area contributed by atoms with Gasteiger partial charge in [0.05, 0.1) is 20.2 Å². The van der Waals surface area contributed by atoms with E-state index in [1.807, 2.05) is 64.3 Å². The number of nitrogens with zero attached hydrogens (tertiary/aromatic N) is 2. The molecule has 2 heterocycles. The number of pyridine rings is 2. The zero-order valence-electron chi connectivity index (χ0n) is 21.2. The van der Waals surface area contributed by atoms with Crippen LogP contribution in [0.2, 0.25) is 0 Å². The van der Waals surface area contributed by atoms with Crippen molar-refractivity contribution in [2.45, 2.75) is 51.6 Å². The quantitative estimate of drug-likeness (QED) is 0.206. The van der Waals surface area contributed by atoms with Gasteiger partial charge in [0, 0.05) is 48.6 Å². The van der Waals surface area contributed by atoms with Crippen molar-refractivity contribution in [2.24, 2.45) is 0 Å². The fraction of sp³-hybridized carbons (Fsp3) is 0.417. The van der Waals surface area contributed by atoms with Crippen LogP contribution in [0.3, 0.4) is 0 Å². The first-order chi connectivity index (χ1) is 16.0. The van der Waals surface area contributed by atoms with E-state index < -0.39 is 20.2 Å². The molecule has 0 aliphatic carbocycles. The molecule has 10 heteroatoms. The summed E-state index contributed by atoms with van der Waals surface area (Å²) in [5.41, 5.74) is 3.15. The molecule has 0 saturated heterocycles. The first-order valence-electron chi connectivity index (χ1n) is 11.2. The van der Waals surface area contributed by atoms with Gasteiger partial charge in [0.1, 0.15) is 13.1 Å². The molecule has 8 nitrogen and oxygen atoms in total. The molecule has 0 spiro atoms. The minimum Gasteiger partial charge on any atom is -0.748 e. The molecular weight excluding hydrogens is 476 g/mol. The molecule has 0 aliphatic heterocycles. The van der Waals surface area contributed by atoms with Gasteiger partial charge in [0.2, 0.25) is 0 Å². The fourth-order valence-electron chi connectivity index (χ4n) is 3.34. The number of allylic oxidation sites excluding steroid dienone is 2. The van der Waals surface area contributed by atoms with Gasteiger partial charge in [0.25, 0.3) is 0 Å². The number of hydrogen-bond donors (Lipinski definition) is 0. The number of unbranched alkanes of at least 4 members (excludes halogenated alkanes) is 2. The molecular formula is C24H34N2O6S2+2. The van der Waals surface area contributed by atoms with E-state index >= 15 is 0 Å². The van der Waals surface area contributed by atoms with Gasteiger partial charge in [-0.25, -0.2) is 26.0 Å². The van der Waals surface area contributed by atoms with Crippen molar-refractivity contribution < 1.29 is 37.9 Å². The Labute approximate surface area is 205 Å². The molecule has 0 aliphatic rings. The van der Waals surface area contributed by atoms with Crippen LogP contribution in [0.15, 0.2) is 61.7 Å². The lowest BCUT2D eigenvalue weighted by atomic mass is 10.0. The summed E-state index contributed by atoms with van der Waals surface area (Å²) in [5.74, 6) is -0.642. The monoisotopic (exact) mass is 510 g/mol. The number of hydrogen-bond acceptors (Lipinski definition) is 6. The van der Waals surface area contributed by atoms with Crippen molar-refractivity contribution in [1.82, 2.24) is 0 Å². The van der Waals surface area contributed by atoms with Gasteiger partial charge in [-0.1, -0.05) is 18.7 Å². The molecule has 0 fully saturated rings. The van der Waals surface area contributed by atoms with E-state index in [1.165, 1.54) is 0 Å². The van der Waals surface area contributed by atoms with Crippen molar-refractivity contribution in [2.75, 3.05) is 11.5 Å². The van der Waals surface area contributed by atoms with Gasteiger partial charge >= 0.3 is 2.85 Å². The maximum Gasteiger partial charge on any atom is 1.00 e. The second-order valence-electron chi connectivity index (χ2n) is 8.18. The Kier molecular flexibility index (Phi) is 11.0. The second kappa shape index (κ2) is 13.5. The Morgan fingerprint density at radius 1 is 0.824 bits per heavy atom. The third-order valence-corrected chi connectivity index (χ3v) is 6.84. The number of rotatable bonds is 15. The highest BCUT2D eigenvalue weighted by Gasteiger charge is 2.05. The Morgan fingerprint density at radius 3 is 1.76 bits per heavy atom. The number of aryl methyl sites for hydroxylation is 2. The van der Waals surface area contributed by atoms with Crippen LogP contribution >= 0.6 is 0 Å². The normalized spacial score (nSPS) is 12.3. The molecule has 0 atom stereocenters. The first kappa shape index (κ1) is 27.8. The summed E-state index contributed by atoms with van der Waals surface area (Å²) in [4.78, 5) is 0. The van der Waals surface area contributed by atoms with Crippen LogP contribution in [0.4, 0.5) is 0 Å². The van der Waals surface area contributed by atoms with Crippen molar-refractivity contribution in [3.63, 3.8) is 0 Å². The first-order valence-corrected chi connectivity index (χ1v) is 14.4. The largest absolute Gasteiger partial charge is 1.00 e. The van der Waals surface area contributed by atoms with Crippen LogP contribution in [-0.2, 0) is 33.3 Å². The summed E-state index contributed by atoms with van der Waals surface area (Å²) >= 11 is 0. The van der Waals surface area contributed by atoms with E-state index in [9.17, 15) is 25.9 Å². The van der Waals surface area contributed by atoms with Crippen molar-refractivity contribution in [3.8, 4) is 0 Å². The maximum atomic E-state index is 10.6. The molecule has 0 amide bonds. The molecule has 2 rings (SSSR count). The molecule has 0 unspecified atom stereocenters. The van der Waals surface area contributed by atoms with E-state index in [1.54, 1.807) is 0 Å². The fourth-order valence-corrected chi connectivity index (χ4v) is 4.45. The lowest BCUT2D eigenvalue weighted by Gasteiger charge is -2.05. The van der Waals surface area contributed by atoms with Crippen LogP contribution in [0.5, 0.6) is 0 Å². The molecule has 0 N–H and O–H groups in total. The van der Waals surface area contributed by atoms with Crippen molar-refractivity contribution in [1.29, 1.82) is 0 Å². The van der Waals surface area contributed by atoms with Gasteiger partial charge in [-0.3, -0.25) is 0 Å². The zero-order valence-corrected chi connectivity index (χ0v) is 20.8. The van der Waals surface area contributed by atoms with Crippen molar-refractivity contribution in [3.05, 3.63) is 72.8 Å². The standard InChI is InChI=1S/C24H32N2O6S2/c1-22(24-12-18-26(19-13-24)15-5-7-21-34(30,31)32)8-2-3-9-23-10-16-25(17-11-23)14-4-6-20-33(27,28)29/h3,9-13,16-19H,1-2,4-8,14-15,20-21H2/p+2/b9-3+. The van der Waals surface area contributed by atoms with Gasteiger partial charge in [-0.05, 0) is 42.4 Å². The lowest BCUT2D eigenvalue weighted by Crippen LogP contribution is -2.32. The predicted octanol–water partition coefficient (Wildman–Crippen LogP) is 2.64. The minimum atomic E-state index is -4.14. The average Bonchev–Trinajstić information content (AvgIpc) is 2.77. The van der Waals surface area contributed by atoms with E-state index in [0.29, 0.717) is 38.8 Å². The predicted molar refractivity (Wildman–Crippen MR) is 130 cm³/mol. The highest BCUT2D eigenvalue weighted by atomic mass is 32.2. The SMILES string of the molecule is C=C(CC/C=C/c1cc[n+](CCCCS(=O)(=O)[O-])cc1)c1cc[n+](CCCCS(=O)(=O)[O-])cc1.[H+].[H+]. The van der Waals surface area contributed by atoms with Crippen LogP contribution < -0.4 is 9.13 Å². The van der Waals surface area contributed by atoms with Crippen molar-refractivity contribution >= 4 is 31.9 Å². The third-order valence-electron chi connectivity index (χ3n) is 5.26. The van der Waals surface area contributed by atoms with E-state index in [4.69, 9.17) is 0 Å². The second-order valence-corrected chi connectivity index (χ2v) is 11.2. The van der Waals surface area contributed by atoms with Crippen LogP contribution in [0, 0.1) is 0 Å². The topological polar surface area (TPSA) is 122 Å². The van der Waals surface area contributed by atoms with Gasteiger partial charge in [-0.2, -0.15) is 0 Å². The lowest BCUT2D eigenvalue weighted by molar-refractivity contribution is -0.697. The Morgan fingerprint density at radius 2 is 1.29 bits per heavy atom. The van der Waals surface area contributed by atoms with Crippen LogP contribution in [0.1, 0.15) is 52.5 Å². The van der Waals surface area contributed by atoms with Gasteiger partial charge in [-0.15, -0.1) is 0 Å². The van der Waals surface area contributed by atoms with E-state index in [2.05, 4.69) is 12.7 Å².